The van der Waals surface area contributed by atoms with E-state index in [1.165, 1.54) is 22.6 Å². The monoisotopic (exact) mass is 309 g/mol. The highest BCUT2D eigenvalue weighted by Crippen LogP contribution is 2.41. The summed E-state index contributed by atoms with van der Waals surface area (Å²) in [6.45, 7) is 4.57. The molecule has 2 aromatic rings. The molecule has 0 bridgehead atoms. The van der Waals surface area contributed by atoms with Crippen LogP contribution in [0, 0.1) is 11.8 Å². The highest BCUT2D eigenvalue weighted by Gasteiger charge is 2.27. The number of aliphatic hydroxyl groups excluding tert-OH is 1. The number of hydrogen-bond donors (Lipinski definition) is 1. The van der Waals surface area contributed by atoms with Gasteiger partial charge in [0.15, 0.2) is 0 Å². The van der Waals surface area contributed by atoms with Crippen LogP contribution in [0.15, 0.2) is 47.6 Å². The number of aromatic nitrogens is 1. The molecule has 0 amide bonds. The van der Waals surface area contributed by atoms with E-state index in [4.69, 9.17) is 0 Å². The van der Waals surface area contributed by atoms with Crippen molar-refractivity contribution in [3.63, 3.8) is 0 Å². The van der Waals surface area contributed by atoms with Gasteiger partial charge in [-0.1, -0.05) is 31.8 Å². The van der Waals surface area contributed by atoms with Crippen LogP contribution >= 0.6 is 11.8 Å². The maximum atomic E-state index is 10.1. The Balaban J connectivity index is 1.87. The first-order valence-corrected chi connectivity index (χ1v) is 8.42. The van der Waals surface area contributed by atoms with Gasteiger partial charge < -0.3 is 5.11 Å². The minimum Gasteiger partial charge on any atom is -0.376 e. The second-order valence-electron chi connectivity index (χ2n) is 6.15. The summed E-state index contributed by atoms with van der Waals surface area (Å²) in [5.41, 5.74) is 3.24. The Hall–Kier alpha value is -1.76. The Morgan fingerprint density at radius 1 is 1.32 bits per heavy atom. The molecule has 112 valence electrons. The topological polar surface area (TPSA) is 33.1 Å². The molecule has 22 heavy (non-hydrogen) atoms. The minimum atomic E-state index is -0.799. The normalized spacial score (nSPS) is 17.0. The van der Waals surface area contributed by atoms with Crippen molar-refractivity contribution in [2.24, 2.45) is 0 Å². The Labute approximate surface area is 136 Å². The van der Waals surface area contributed by atoms with Crippen LogP contribution in [0.3, 0.4) is 0 Å². The first-order chi connectivity index (χ1) is 10.6. The highest BCUT2D eigenvalue weighted by molar-refractivity contribution is 7.99. The lowest BCUT2D eigenvalue weighted by Crippen LogP contribution is -2.22. The van der Waals surface area contributed by atoms with Gasteiger partial charge in [-0.25, -0.2) is 0 Å². The molecule has 2 heterocycles. The van der Waals surface area contributed by atoms with E-state index in [1.54, 1.807) is 18.5 Å². The van der Waals surface area contributed by atoms with Crippen LogP contribution in [0.25, 0.3) is 0 Å². The lowest BCUT2D eigenvalue weighted by atomic mass is 9.81. The van der Waals surface area contributed by atoms with E-state index in [1.807, 2.05) is 23.9 Å². The first-order valence-electron chi connectivity index (χ1n) is 7.43. The zero-order valence-electron chi connectivity index (χ0n) is 12.8. The summed E-state index contributed by atoms with van der Waals surface area (Å²) < 4.78 is 0. The fraction of sp³-hybridized carbons (Fsp3) is 0.316. The molecule has 1 N–H and O–H groups in total. The maximum absolute atomic E-state index is 10.1. The average molecular weight is 309 g/mol. The van der Waals surface area contributed by atoms with E-state index in [9.17, 15) is 5.11 Å². The molecule has 0 fully saturated rings. The van der Waals surface area contributed by atoms with Crippen LogP contribution in [-0.2, 0) is 5.41 Å². The molecule has 0 spiro atoms. The number of thioether (sulfide) groups is 1. The van der Waals surface area contributed by atoms with Gasteiger partial charge >= 0.3 is 0 Å². The van der Waals surface area contributed by atoms with E-state index in [0.29, 0.717) is 0 Å². The molecule has 0 saturated heterocycles. The van der Waals surface area contributed by atoms with Crippen LogP contribution in [0.5, 0.6) is 0 Å². The Bertz CT molecular complexity index is 728. The zero-order valence-corrected chi connectivity index (χ0v) is 13.7. The third kappa shape index (κ3) is 3.19. The molecule has 1 aromatic heterocycles. The molecular weight excluding hydrogens is 290 g/mol. The predicted molar refractivity (Wildman–Crippen MR) is 90.9 cm³/mol. The third-order valence-electron chi connectivity index (χ3n) is 4.05. The summed E-state index contributed by atoms with van der Waals surface area (Å²) in [7, 11) is 0. The summed E-state index contributed by atoms with van der Waals surface area (Å²) in [4.78, 5) is 5.36. The number of nitrogens with zero attached hydrogens (tertiary/aromatic N) is 1. The van der Waals surface area contributed by atoms with Crippen molar-refractivity contribution in [2.75, 3.05) is 5.75 Å². The van der Waals surface area contributed by atoms with Crippen molar-refractivity contribution in [2.45, 2.75) is 36.7 Å². The van der Waals surface area contributed by atoms with Gasteiger partial charge in [0.05, 0.1) is 0 Å². The smallest absolute Gasteiger partial charge is 0.142 e. The van der Waals surface area contributed by atoms with Crippen LogP contribution in [-0.4, -0.2) is 15.8 Å². The van der Waals surface area contributed by atoms with Crippen LogP contribution in [0.4, 0.5) is 0 Å². The van der Waals surface area contributed by atoms with E-state index in [-0.39, 0.29) is 5.41 Å². The molecular formula is C19H19NOS. The van der Waals surface area contributed by atoms with Crippen molar-refractivity contribution in [3.05, 3.63) is 59.4 Å². The van der Waals surface area contributed by atoms with Crippen molar-refractivity contribution in [3.8, 4) is 11.8 Å². The second kappa shape index (κ2) is 6.16. The molecule has 1 aliphatic rings. The average Bonchev–Trinajstić information content (AvgIpc) is 2.53. The molecule has 3 rings (SSSR count). The summed E-state index contributed by atoms with van der Waals surface area (Å²) in [6, 6.07) is 10.00. The zero-order chi connectivity index (χ0) is 15.6. The minimum absolute atomic E-state index is 0.195. The number of fused-ring (bicyclic) bond motifs is 1. The molecule has 0 saturated carbocycles. The number of benzene rings is 1. The Kier molecular flexibility index (Phi) is 4.24. The summed E-state index contributed by atoms with van der Waals surface area (Å²) in [5.74, 6) is 7.17. The standard InChI is InChI=1S/C19H19NOS/c1-19(2)9-11-22-18-8-6-14(12-16(18)19)5-7-17(21)15-4-3-10-20-13-15/h3-4,6,8,10,12-13,17,21H,9,11H2,1-2H3. The molecule has 1 aliphatic heterocycles. The van der Waals surface area contributed by atoms with Gasteiger partial charge in [-0.05, 0) is 47.4 Å². The molecule has 0 aliphatic carbocycles. The second-order valence-corrected chi connectivity index (χ2v) is 7.29. The largest absolute Gasteiger partial charge is 0.376 e. The van der Waals surface area contributed by atoms with Crippen molar-refractivity contribution >= 4 is 11.8 Å². The summed E-state index contributed by atoms with van der Waals surface area (Å²) in [6.07, 6.45) is 3.71. The molecule has 0 radical (unpaired) electrons. The van der Waals surface area contributed by atoms with Gasteiger partial charge in [0.2, 0.25) is 0 Å². The third-order valence-corrected chi connectivity index (χ3v) is 5.12. The van der Waals surface area contributed by atoms with Gasteiger partial charge in [0.1, 0.15) is 6.10 Å². The SMILES string of the molecule is CC1(C)CCSc2ccc(C#CC(O)c3cccnc3)cc21. The van der Waals surface area contributed by atoms with Gasteiger partial charge in [-0.2, -0.15) is 0 Å². The van der Waals surface area contributed by atoms with E-state index in [2.05, 4.69) is 42.8 Å². The van der Waals surface area contributed by atoms with Crippen LogP contribution in [0.1, 0.15) is 43.1 Å². The van der Waals surface area contributed by atoms with E-state index < -0.39 is 6.10 Å². The predicted octanol–water partition coefficient (Wildman–Crippen LogP) is 3.94. The van der Waals surface area contributed by atoms with Gasteiger partial charge in [-0.3, -0.25) is 4.98 Å². The molecule has 3 heteroatoms. The number of pyridine rings is 1. The molecule has 1 aromatic carbocycles. The van der Waals surface area contributed by atoms with Crippen LogP contribution in [0.2, 0.25) is 0 Å². The quantitative estimate of drug-likeness (QED) is 0.810. The fourth-order valence-corrected chi connectivity index (χ4v) is 4.07. The van der Waals surface area contributed by atoms with Crippen molar-refractivity contribution in [1.82, 2.24) is 4.98 Å². The molecule has 1 unspecified atom stereocenters. The first kappa shape index (κ1) is 15.1. The van der Waals surface area contributed by atoms with Crippen molar-refractivity contribution < 1.29 is 5.11 Å². The summed E-state index contributed by atoms with van der Waals surface area (Å²) in [5, 5.41) is 10.1. The highest BCUT2D eigenvalue weighted by atomic mass is 32.2. The maximum Gasteiger partial charge on any atom is 0.142 e. The van der Waals surface area contributed by atoms with E-state index in [0.717, 1.165) is 11.1 Å². The lowest BCUT2D eigenvalue weighted by Gasteiger charge is -2.32. The number of aliphatic hydroxyl groups is 1. The van der Waals surface area contributed by atoms with Gasteiger partial charge in [-0.15, -0.1) is 11.8 Å². The van der Waals surface area contributed by atoms with E-state index >= 15 is 0 Å². The lowest BCUT2D eigenvalue weighted by molar-refractivity contribution is 0.238. The molecule has 2 nitrogen and oxygen atoms in total. The van der Waals surface area contributed by atoms with Gasteiger partial charge in [0.25, 0.3) is 0 Å². The summed E-state index contributed by atoms with van der Waals surface area (Å²) >= 11 is 1.92. The van der Waals surface area contributed by atoms with Crippen molar-refractivity contribution in [1.29, 1.82) is 0 Å². The number of hydrogen-bond acceptors (Lipinski definition) is 3. The fourth-order valence-electron chi connectivity index (χ4n) is 2.59. The number of rotatable bonds is 1. The Morgan fingerprint density at radius 3 is 2.95 bits per heavy atom. The Morgan fingerprint density at radius 2 is 2.18 bits per heavy atom. The molecule has 1 atom stereocenters. The van der Waals surface area contributed by atoms with Gasteiger partial charge in [0, 0.05) is 28.4 Å². The van der Waals surface area contributed by atoms with Crippen LogP contribution < -0.4 is 0 Å².